The normalized spacial score (nSPS) is 12.3. The molecule has 1 atom stereocenters. The minimum Gasteiger partial charge on any atom is -0.394 e. The Morgan fingerprint density at radius 1 is 1.13 bits per heavy atom. The molecule has 2 N–H and O–H groups in total. The minimum atomic E-state index is -0.376. The van der Waals surface area contributed by atoms with Crippen molar-refractivity contribution in [1.82, 2.24) is 9.88 Å². The lowest BCUT2D eigenvalue weighted by Gasteiger charge is -2.16. The Kier molecular flexibility index (Phi) is 4.44. The summed E-state index contributed by atoms with van der Waals surface area (Å²) in [6, 6.07) is 17.2. The molecule has 118 valence electrons. The molecule has 0 aliphatic rings. The zero-order valence-corrected chi connectivity index (χ0v) is 13.1. The summed E-state index contributed by atoms with van der Waals surface area (Å²) in [5.41, 5.74) is 3.00. The van der Waals surface area contributed by atoms with Crippen molar-refractivity contribution < 1.29 is 9.90 Å². The van der Waals surface area contributed by atoms with E-state index in [0.717, 1.165) is 22.0 Å². The van der Waals surface area contributed by atoms with Gasteiger partial charge in [-0.3, -0.25) is 4.79 Å². The van der Waals surface area contributed by atoms with E-state index in [1.807, 2.05) is 72.4 Å². The molecule has 3 rings (SSSR count). The number of nitrogens with one attached hydrogen (secondary N) is 1. The standard InChI is InChI=1S/C19H20N2O2/c1-21-12-15(16-9-5-6-10-18(16)21)11-19(23)20-17(13-22)14-7-3-2-4-8-14/h2-10,12,17,22H,11,13H2,1H3,(H,20,23). The highest BCUT2D eigenvalue weighted by atomic mass is 16.3. The highest BCUT2D eigenvalue weighted by Gasteiger charge is 2.15. The van der Waals surface area contributed by atoms with E-state index in [1.54, 1.807) is 0 Å². The van der Waals surface area contributed by atoms with Crippen LogP contribution < -0.4 is 5.32 Å². The van der Waals surface area contributed by atoms with Gasteiger partial charge in [0.05, 0.1) is 19.1 Å². The molecular formula is C19H20N2O2. The maximum Gasteiger partial charge on any atom is 0.225 e. The van der Waals surface area contributed by atoms with E-state index in [9.17, 15) is 9.90 Å². The Morgan fingerprint density at radius 2 is 1.83 bits per heavy atom. The molecule has 1 heterocycles. The molecule has 0 saturated carbocycles. The zero-order chi connectivity index (χ0) is 16.2. The summed E-state index contributed by atoms with van der Waals surface area (Å²) in [5.74, 6) is -0.0933. The van der Waals surface area contributed by atoms with E-state index in [-0.39, 0.29) is 18.6 Å². The highest BCUT2D eigenvalue weighted by Crippen LogP contribution is 2.21. The first-order valence-corrected chi connectivity index (χ1v) is 7.67. The van der Waals surface area contributed by atoms with Gasteiger partial charge in [-0.25, -0.2) is 0 Å². The van der Waals surface area contributed by atoms with Crippen molar-refractivity contribution >= 4 is 16.8 Å². The summed E-state index contributed by atoms with van der Waals surface area (Å²) in [4.78, 5) is 12.4. The summed E-state index contributed by atoms with van der Waals surface area (Å²) in [5, 5.41) is 13.5. The number of aryl methyl sites for hydroxylation is 1. The first kappa shape index (κ1) is 15.3. The topological polar surface area (TPSA) is 54.3 Å². The van der Waals surface area contributed by atoms with Crippen molar-refractivity contribution in [2.75, 3.05) is 6.61 Å². The maximum atomic E-state index is 12.4. The van der Waals surface area contributed by atoms with E-state index in [0.29, 0.717) is 6.42 Å². The summed E-state index contributed by atoms with van der Waals surface area (Å²) >= 11 is 0. The number of nitrogens with zero attached hydrogens (tertiary/aromatic N) is 1. The van der Waals surface area contributed by atoms with E-state index in [1.165, 1.54) is 0 Å². The molecular weight excluding hydrogens is 288 g/mol. The molecule has 4 heteroatoms. The van der Waals surface area contributed by atoms with Gasteiger partial charge in [-0.05, 0) is 17.2 Å². The van der Waals surface area contributed by atoms with Crippen LogP contribution in [0.25, 0.3) is 10.9 Å². The van der Waals surface area contributed by atoms with Crippen LogP contribution in [0.5, 0.6) is 0 Å². The van der Waals surface area contributed by atoms with E-state index in [2.05, 4.69) is 5.32 Å². The van der Waals surface area contributed by atoms with Gasteiger partial charge in [0.15, 0.2) is 0 Å². The summed E-state index contributed by atoms with van der Waals surface area (Å²) < 4.78 is 2.03. The lowest BCUT2D eigenvalue weighted by Crippen LogP contribution is -2.31. The molecule has 4 nitrogen and oxygen atoms in total. The van der Waals surface area contributed by atoms with Crippen molar-refractivity contribution in [2.45, 2.75) is 12.5 Å². The summed E-state index contributed by atoms with van der Waals surface area (Å²) in [6.07, 6.45) is 2.28. The van der Waals surface area contributed by atoms with Crippen molar-refractivity contribution in [3.05, 3.63) is 71.9 Å². The number of para-hydroxylation sites is 1. The number of carbonyl (C=O) groups is 1. The van der Waals surface area contributed by atoms with Crippen LogP contribution in [0.4, 0.5) is 0 Å². The Bertz CT molecular complexity index is 809. The second kappa shape index (κ2) is 6.67. The van der Waals surface area contributed by atoms with Gasteiger partial charge in [0.1, 0.15) is 0 Å². The predicted octanol–water partition coefficient (Wildman–Crippen LogP) is 2.57. The summed E-state index contributed by atoms with van der Waals surface area (Å²) in [6.45, 7) is -0.120. The molecule has 3 aromatic rings. The Balaban J connectivity index is 1.76. The number of hydrogen-bond acceptors (Lipinski definition) is 2. The summed E-state index contributed by atoms with van der Waals surface area (Å²) in [7, 11) is 1.98. The molecule has 0 aliphatic carbocycles. The fourth-order valence-electron chi connectivity index (χ4n) is 2.90. The first-order chi connectivity index (χ1) is 11.2. The van der Waals surface area contributed by atoms with Gasteiger partial charge in [0, 0.05) is 24.1 Å². The largest absolute Gasteiger partial charge is 0.394 e. The smallest absolute Gasteiger partial charge is 0.225 e. The quantitative estimate of drug-likeness (QED) is 0.761. The van der Waals surface area contributed by atoms with Crippen LogP contribution >= 0.6 is 0 Å². The van der Waals surface area contributed by atoms with Crippen molar-refractivity contribution in [3.8, 4) is 0 Å². The van der Waals surface area contributed by atoms with Crippen LogP contribution in [-0.4, -0.2) is 22.2 Å². The van der Waals surface area contributed by atoms with Gasteiger partial charge in [-0.15, -0.1) is 0 Å². The minimum absolute atomic E-state index is 0.0933. The van der Waals surface area contributed by atoms with Gasteiger partial charge in [-0.2, -0.15) is 0 Å². The number of hydrogen-bond donors (Lipinski definition) is 2. The molecule has 0 spiro atoms. The fourth-order valence-corrected chi connectivity index (χ4v) is 2.90. The molecule has 1 amide bonds. The fraction of sp³-hybridized carbons (Fsp3) is 0.211. The lowest BCUT2D eigenvalue weighted by atomic mass is 10.1. The van der Waals surface area contributed by atoms with Crippen LogP contribution in [0, 0.1) is 0 Å². The third kappa shape index (κ3) is 3.27. The SMILES string of the molecule is Cn1cc(CC(=O)NC(CO)c2ccccc2)c2ccccc21. The monoisotopic (exact) mass is 308 g/mol. The molecule has 1 aromatic heterocycles. The lowest BCUT2D eigenvalue weighted by molar-refractivity contribution is -0.121. The molecule has 0 fully saturated rings. The predicted molar refractivity (Wildman–Crippen MR) is 91.0 cm³/mol. The van der Waals surface area contributed by atoms with Gasteiger partial charge in [0.2, 0.25) is 5.91 Å². The van der Waals surface area contributed by atoms with Crippen molar-refractivity contribution in [3.63, 3.8) is 0 Å². The van der Waals surface area contributed by atoms with Crippen LogP contribution in [0.2, 0.25) is 0 Å². The van der Waals surface area contributed by atoms with Crippen LogP contribution in [0.15, 0.2) is 60.8 Å². The Hall–Kier alpha value is -2.59. The second-order valence-corrected chi connectivity index (χ2v) is 5.67. The molecule has 2 aromatic carbocycles. The van der Waals surface area contributed by atoms with Crippen LogP contribution in [-0.2, 0) is 18.3 Å². The molecule has 23 heavy (non-hydrogen) atoms. The Morgan fingerprint density at radius 3 is 2.57 bits per heavy atom. The highest BCUT2D eigenvalue weighted by molar-refractivity contribution is 5.89. The molecule has 0 saturated heterocycles. The van der Waals surface area contributed by atoms with Gasteiger partial charge >= 0.3 is 0 Å². The number of aliphatic hydroxyl groups is 1. The number of aliphatic hydroxyl groups excluding tert-OH is 1. The number of carbonyl (C=O) groups excluding carboxylic acids is 1. The van der Waals surface area contributed by atoms with Gasteiger partial charge in [0.25, 0.3) is 0 Å². The molecule has 0 aliphatic heterocycles. The number of fused-ring (bicyclic) bond motifs is 1. The Labute approximate surface area is 135 Å². The van der Waals surface area contributed by atoms with Crippen molar-refractivity contribution in [1.29, 1.82) is 0 Å². The zero-order valence-electron chi connectivity index (χ0n) is 13.1. The number of rotatable bonds is 5. The number of amides is 1. The molecule has 0 bridgehead atoms. The van der Waals surface area contributed by atoms with Crippen LogP contribution in [0.3, 0.4) is 0 Å². The first-order valence-electron chi connectivity index (χ1n) is 7.67. The third-order valence-electron chi connectivity index (χ3n) is 4.05. The maximum absolute atomic E-state index is 12.4. The van der Waals surface area contributed by atoms with E-state index in [4.69, 9.17) is 0 Å². The molecule has 1 unspecified atom stereocenters. The van der Waals surface area contributed by atoms with Gasteiger partial charge < -0.3 is 15.0 Å². The van der Waals surface area contributed by atoms with E-state index < -0.39 is 0 Å². The van der Waals surface area contributed by atoms with Crippen LogP contribution in [0.1, 0.15) is 17.2 Å². The number of benzene rings is 2. The van der Waals surface area contributed by atoms with E-state index >= 15 is 0 Å². The van der Waals surface area contributed by atoms with Gasteiger partial charge in [-0.1, -0.05) is 48.5 Å². The molecule has 0 radical (unpaired) electrons. The third-order valence-corrected chi connectivity index (χ3v) is 4.05. The van der Waals surface area contributed by atoms with Crippen molar-refractivity contribution in [2.24, 2.45) is 7.05 Å². The average molecular weight is 308 g/mol. The average Bonchev–Trinajstić information content (AvgIpc) is 2.90. The second-order valence-electron chi connectivity index (χ2n) is 5.67. The number of aromatic nitrogens is 1.